The van der Waals surface area contributed by atoms with Crippen LogP contribution in [0.4, 0.5) is 5.69 Å². The molecule has 1 aliphatic carbocycles. The lowest BCUT2D eigenvalue weighted by atomic mass is 9.85. The largest absolute Gasteiger partial charge is 0.490 e. The maximum Gasteiger partial charge on any atom is 0.132 e. The molecule has 156 valence electrons. The Morgan fingerprint density at radius 3 is 2.70 bits per heavy atom. The highest BCUT2D eigenvalue weighted by atomic mass is 16.5. The van der Waals surface area contributed by atoms with Crippen molar-refractivity contribution in [3.63, 3.8) is 0 Å². The topological polar surface area (TPSA) is 73.3 Å². The summed E-state index contributed by atoms with van der Waals surface area (Å²) in [5, 5.41) is 0.975. The number of fused-ring (bicyclic) bond motifs is 1. The van der Waals surface area contributed by atoms with Gasteiger partial charge in [0.05, 0.1) is 30.2 Å². The first-order valence-corrected chi connectivity index (χ1v) is 10.8. The van der Waals surface area contributed by atoms with Crippen molar-refractivity contribution < 1.29 is 9.47 Å². The third kappa shape index (κ3) is 4.07. The zero-order valence-corrected chi connectivity index (χ0v) is 17.3. The molecule has 7 heteroatoms. The summed E-state index contributed by atoms with van der Waals surface area (Å²) in [6.07, 6.45) is 9.73. The molecule has 3 heterocycles. The van der Waals surface area contributed by atoms with E-state index in [1.807, 2.05) is 19.3 Å². The molecule has 0 amide bonds. The first-order valence-electron chi connectivity index (χ1n) is 10.8. The first-order chi connectivity index (χ1) is 14.8. The number of hydrogen-bond donors (Lipinski definition) is 0. The number of benzene rings is 1. The minimum Gasteiger partial charge on any atom is -0.490 e. The normalized spacial score (nSPS) is 22.2. The lowest BCUT2D eigenvalue weighted by molar-refractivity contribution is 0.122. The molecule has 0 unspecified atom stereocenters. The summed E-state index contributed by atoms with van der Waals surface area (Å²) in [6, 6.07) is 6.33. The molecule has 1 aliphatic heterocycles. The number of hydrogen-bond acceptors (Lipinski definition) is 7. The molecule has 0 atom stereocenters. The molecule has 1 saturated heterocycles. The molecule has 0 spiro atoms. The van der Waals surface area contributed by atoms with E-state index in [9.17, 15) is 0 Å². The van der Waals surface area contributed by atoms with Gasteiger partial charge in [0.25, 0.3) is 0 Å². The minimum absolute atomic E-state index is 0.201. The highest BCUT2D eigenvalue weighted by Gasteiger charge is 2.25. The van der Waals surface area contributed by atoms with Crippen LogP contribution in [0.3, 0.4) is 0 Å². The molecular formula is C23H27N5O2. The van der Waals surface area contributed by atoms with Crippen LogP contribution in [-0.2, 0) is 4.74 Å². The Kier molecular flexibility index (Phi) is 5.45. The summed E-state index contributed by atoms with van der Waals surface area (Å²) in [5.74, 6) is 2.22. The lowest BCUT2D eigenvalue weighted by Crippen LogP contribution is -2.36. The van der Waals surface area contributed by atoms with E-state index in [1.165, 1.54) is 0 Å². The van der Waals surface area contributed by atoms with Gasteiger partial charge in [-0.15, -0.1) is 0 Å². The highest BCUT2D eigenvalue weighted by molar-refractivity contribution is 5.88. The van der Waals surface area contributed by atoms with E-state index in [0.717, 1.165) is 85.8 Å². The second-order valence-corrected chi connectivity index (χ2v) is 8.12. The summed E-state index contributed by atoms with van der Waals surface area (Å²) in [6.45, 7) is 5.24. The Balaban J connectivity index is 1.33. The first kappa shape index (κ1) is 19.2. The number of nitrogens with zero attached hydrogens (tertiary/aromatic N) is 5. The standard InChI is InChI=1S/C23H27N5O2/c1-16-25-7-6-21(27-16)17-2-4-19(5-3-17)30-23-13-18(28-8-10-29-11-9-28)12-22-20(23)14-24-15-26-22/h6-7,12-15,17,19H,2-5,8-11H2,1H3/t17-,19+. The maximum absolute atomic E-state index is 6.54. The van der Waals surface area contributed by atoms with Crippen LogP contribution in [-0.4, -0.2) is 52.3 Å². The fourth-order valence-corrected chi connectivity index (χ4v) is 4.50. The zero-order chi connectivity index (χ0) is 20.3. The van der Waals surface area contributed by atoms with Gasteiger partial charge < -0.3 is 14.4 Å². The Morgan fingerprint density at radius 1 is 1.07 bits per heavy atom. The van der Waals surface area contributed by atoms with Crippen LogP contribution >= 0.6 is 0 Å². The van der Waals surface area contributed by atoms with Crippen molar-refractivity contribution in [1.29, 1.82) is 0 Å². The van der Waals surface area contributed by atoms with Crippen LogP contribution < -0.4 is 9.64 Å². The fourth-order valence-electron chi connectivity index (χ4n) is 4.50. The molecule has 1 saturated carbocycles. The quantitative estimate of drug-likeness (QED) is 0.656. The molecule has 7 nitrogen and oxygen atoms in total. The molecule has 3 aromatic rings. The molecule has 30 heavy (non-hydrogen) atoms. The van der Waals surface area contributed by atoms with Gasteiger partial charge in [-0.3, -0.25) is 0 Å². The average Bonchev–Trinajstić information content (AvgIpc) is 2.80. The van der Waals surface area contributed by atoms with E-state index in [-0.39, 0.29) is 6.10 Å². The molecule has 1 aromatic carbocycles. The van der Waals surface area contributed by atoms with Gasteiger partial charge in [-0.2, -0.15) is 0 Å². The van der Waals surface area contributed by atoms with Gasteiger partial charge >= 0.3 is 0 Å². The number of rotatable bonds is 4. The Labute approximate surface area is 176 Å². The minimum atomic E-state index is 0.201. The van der Waals surface area contributed by atoms with Gasteiger partial charge in [-0.05, 0) is 44.7 Å². The van der Waals surface area contributed by atoms with Crippen molar-refractivity contribution in [2.24, 2.45) is 0 Å². The highest BCUT2D eigenvalue weighted by Crippen LogP contribution is 2.36. The fraction of sp³-hybridized carbons (Fsp3) is 0.478. The molecule has 2 aromatic heterocycles. The molecule has 2 fully saturated rings. The predicted octanol–water partition coefficient (Wildman–Crippen LogP) is 3.67. The van der Waals surface area contributed by atoms with Crippen molar-refractivity contribution in [3.05, 3.63) is 48.4 Å². The SMILES string of the molecule is Cc1nccc([C@H]2CC[C@@H](Oc3cc(N4CCOCC4)cc4ncncc34)CC2)n1. The molecule has 5 rings (SSSR count). The summed E-state index contributed by atoms with van der Waals surface area (Å²) in [4.78, 5) is 19.9. The molecule has 0 bridgehead atoms. The van der Waals surface area contributed by atoms with E-state index in [0.29, 0.717) is 5.92 Å². The summed E-state index contributed by atoms with van der Waals surface area (Å²) < 4.78 is 12.0. The summed E-state index contributed by atoms with van der Waals surface area (Å²) in [5.41, 5.74) is 3.23. The van der Waals surface area contributed by atoms with Gasteiger partial charge in [0.2, 0.25) is 0 Å². The number of morpholine rings is 1. The van der Waals surface area contributed by atoms with Crippen LogP contribution in [0.5, 0.6) is 5.75 Å². The van der Waals surface area contributed by atoms with Crippen molar-refractivity contribution in [2.45, 2.75) is 44.6 Å². The van der Waals surface area contributed by atoms with Gasteiger partial charge in [0.15, 0.2) is 0 Å². The number of anilines is 1. The van der Waals surface area contributed by atoms with E-state index in [2.05, 4.69) is 43.0 Å². The molecule has 0 radical (unpaired) electrons. The van der Waals surface area contributed by atoms with E-state index >= 15 is 0 Å². The summed E-state index contributed by atoms with van der Waals surface area (Å²) in [7, 11) is 0. The van der Waals surface area contributed by atoms with Crippen molar-refractivity contribution in [3.8, 4) is 5.75 Å². The maximum atomic E-state index is 6.54. The number of ether oxygens (including phenoxy) is 2. The average molecular weight is 406 g/mol. The molecular weight excluding hydrogens is 378 g/mol. The molecule has 0 N–H and O–H groups in total. The Bertz CT molecular complexity index is 1010. The zero-order valence-electron chi connectivity index (χ0n) is 17.3. The third-order valence-electron chi connectivity index (χ3n) is 6.13. The number of aryl methyl sites for hydroxylation is 1. The van der Waals surface area contributed by atoms with E-state index in [1.54, 1.807) is 6.33 Å². The second-order valence-electron chi connectivity index (χ2n) is 8.12. The second kappa shape index (κ2) is 8.52. The number of aromatic nitrogens is 4. The van der Waals surface area contributed by atoms with Crippen LogP contribution in [0.15, 0.2) is 36.9 Å². The lowest BCUT2D eigenvalue weighted by Gasteiger charge is -2.31. The van der Waals surface area contributed by atoms with Gasteiger partial charge in [0.1, 0.15) is 17.9 Å². The van der Waals surface area contributed by atoms with E-state index < -0.39 is 0 Å². The van der Waals surface area contributed by atoms with E-state index in [4.69, 9.17) is 9.47 Å². The van der Waals surface area contributed by atoms with Crippen LogP contribution in [0.2, 0.25) is 0 Å². The Morgan fingerprint density at radius 2 is 1.90 bits per heavy atom. The van der Waals surface area contributed by atoms with Gasteiger partial charge in [0, 0.05) is 48.8 Å². The van der Waals surface area contributed by atoms with Crippen LogP contribution in [0.1, 0.15) is 43.1 Å². The van der Waals surface area contributed by atoms with Crippen molar-refractivity contribution >= 4 is 16.6 Å². The smallest absolute Gasteiger partial charge is 0.132 e. The van der Waals surface area contributed by atoms with Crippen LogP contribution in [0, 0.1) is 6.92 Å². The third-order valence-corrected chi connectivity index (χ3v) is 6.13. The van der Waals surface area contributed by atoms with Crippen LogP contribution in [0.25, 0.3) is 10.9 Å². The monoisotopic (exact) mass is 405 g/mol. The van der Waals surface area contributed by atoms with Crippen molar-refractivity contribution in [1.82, 2.24) is 19.9 Å². The summed E-state index contributed by atoms with van der Waals surface area (Å²) >= 11 is 0. The van der Waals surface area contributed by atoms with Gasteiger partial charge in [-0.25, -0.2) is 19.9 Å². The predicted molar refractivity (Wildman–Crippen MR) is 115 cm³/mol. The molecule has 2 aliphatic rings. The Hall–Kier alpha value is -2.80. The van der Waals surface area contributed by atoms with Crippen molar-refractivity contribution in [2.75, 3.05) is 31.2 Å². The van der Waals surface area contributed by atoms with Gasteiger partial charge in [-0.1, -0.05) is 0 Å².